The normalized spacial score (nSPS) is 10.0. The van der Waals surface area contributed by atoms with E-state index in [1.807, 2.05) is 32.9 Å². The van der Waals surface area contributed by atoms with Crippen LogP contribution < -0.4 is 10.1 Å². The van der Waals surface area contributed by atoms with Gasteiger partial charge in [-0.3, -0.25) is 4.98 Å². The zero-order valence-corrected chi connectivity index (χ0v) is 12.5. The van der Waals surface area contributed by atoms with Crippen LogP contribution in [0.2, 0.25) is 0 Å². The first kappa shape index (κ1) is 14.8. The van der Waals surface area contributed by atoms with Gasteiger partial charge in [-0.1, -0.05) is 0 Å². The maximum Gasteiger partial charge on any atom is 0.144 e. The number of benzene rings is 1. The van der Waals surface area contributed by atoms with E-state index in [-0.39, 0.29) is 0 Å². The summed E-state index contributed by atoms with van der Waals surface area (Å²) in [4.78, 5) is 8.56. The number of nitriles is 1. The Balaban J connectivity index is 2.08. The van der Waals surface area contributed by atoms with E-state index >= 15 is 0 Å². The lowest BCUT2D eigenvalue weighted by Crippen LogP contribution is -2.04. The molecule has 1 aromatic carbocycles. The molecule has 108 valence electrons. The van der Waals surface area contributed by atoms with Crippen LogP contribution in [0.15, 0.2) is 24.5 Å². The van der Waals surface area contributed by atoms with Gasteiger partial charge in [-0.2, -0.15) is 5.26 Å². The first-order valence-corrected chi connectivity index (χ1v) is 6.83. The number of anilines is 1. The van der Waals surface area contributed by atoms with Crippen molar-refractivity contribution in [2.45, 2.75) is 27.4 Å². The van der Waals surface area contributed by atoms with Gasteiger partial charge in [0.25, 0.3) is 0 Å². The molecule has 0 saturated carbocycles. The van der Waals surface area contributed by atoms with E-state index in [4.69, 9.17) is 10.00 Å². The second-order valence-corrected chi connectivity index (χ2v) is 4.76. The minimum absolute atomic E-state index is 0.354. The van der Waals surface area contributed by atoms with Crippen LogP contribution in [0.4, 0.5) is 5.82 Å². The summed E-state index contributed by atoms with van der Waals surface area (Å²) < 4.78 is 5.82. The maximum absolute atomic E-state index is 8.94. The molecule has 1 aromatic heterocycles. The van der Waals surface area contributed by atoms with Crippen LogP contribution in [0.3, 0.4) is 0 Å². The first-order valence-electron chi connectivity index (χ1n) is 6.83. The Bertz CT molecular complexity index is 636. The van der Waals surface area contributed by atoms with Crippen LogP contribution in [-0.2, 0) is 6.61 Å². The topological polar surface area (TPSA) is 70.8 Å². The van der Waals surface area contributed by atoms with Crippen LogP contribution >= 0.6 is 0 Å². The van der Waals surface area contributed by atoms with E-state index in [1.54, 1.807) is 12.4 Å². The van der Waals surface area contributed by atoms with Gasteiger partial charge < -0.3 is 10.1 Å². The monoisotopic (exact) mass is 282 g/mol. The first-order chi connectivity index (χ1) is 10.1. The molecule has 21 heavy (non-hydrogen) atoms. The highest BCUT2D eigenvalue weighted by Gasteiger charge is 2.07. The van der Waals surface area contributed by atoms with E-state index in [0.717, 1.165) is 34.9 Å². The highest BCUT2D eigenvalue weighted by molar-refractivity contribution is 5.47. The molecule has 0 unspecified atom stereocenters. The second-order valence-electron chi connectivity index (χ2n) is 4.76. The predicted octanol–water partition coefficient (Wildman–Crippen LogP) is 2.98. The third-order valence-electron chi connectivity index (χ3n) is 3.02. The number of nitrogens with one attached hydrogen (secondary N) is 1. The number of aromatic nitrogens is 2. The fourth-order valence-electron chi connectivity index (χ4n) is 2.09. The Labute approximate surface area is 124 Å². The molecule has 1 N–H and O–H groups in total. The fraction of sp³-hybridized carbons (Fsp3) is 0.312. The van der Waals surface area contributed by atoms with Gasteiger partial charge in [0.2, 0.25) is 0 Å². The van der Waals surface area contributed by atoms with Gasteiger partial charge in [0.1, 0.15) is 18.2 Å². The number of aryl methyl sites for hydroxylation is 2. The summed E-state index contributed by atoms with van der Waals surface area (Å²) in [5, 5.41) is 12.0. The Morgan fingerprint density at radius 2 is 1.90 bits per heavy atom. The number of ether oxygens (including phenoxy) is 1. The van der Waals surface area contributed by atoms with Crippen molar-refractivity contribution in [1.82, 2.24) is 9.97 Å². The lowest BCUT2D eigenvalue weighted by atomic mass is 10.1. The van der Waals surface area contributed by atoms with Gasteiger partial charge in [0.15, 0.2) is 0 Å². The third-order valence-corrected chi connectivity index (χ3v) is 3.02. The van der Waals surface area contributed by atoms with Crippen molar-refractivity contribution in [2.75, 3.05) is 11.9 Å². The second kappa shape index (κ2) is 6.71. The van der Waals surface area contributed by atoms with Crippen LogP contribution in [-0.4, -0.2) is 16.5 Å². The SMILES string of the molecule is CCNc1cnc(COc2c(C)cc(C#N)cc2C)cn1. The summed E-state index contributed by atoms with van der Waals surface area (Å²) in [5.74, 6) is 1.55. The number of hydrogen-bond donors (Lipinski definition) is 1. The minimum Gasteiger partial charge on any atom is -0.487 e. The van der Waals surface area contributed by atoms with Crippen LogP contribution in [0.5, 0.6) is 5.75 Å². The predicted molar refractivity (Wildman–Crippen MR) is 81.2 cm³/mol. The molecule has 0 bridgehead atoms. The summed E-state index contributed by atoms with van der Waals surface area (Å²) in [7, 11) is 0. The van der Waals surface area contributed by atoms with E-state index < -0.39 is 0 Å². The van der Waals surface area contributed by atoms with E-state index in [9.17, 15) is 0 Å². The molecule has 0 radical (unpaired) electrons. The zero-order chi connectivity index (χ0) is 15.2. The average Bonchev–Trinajstić information content (AvgIpc) is 2.48. The fourth-order valence-corrected chi connectivity index (χ4v) is 2.09. The quantitative estimate of drug-likeness (QED) is 0.912. The van der Waals surface area contributed by atoms with E-state index in [0.29, 0.717) is 12.2 Å². The van der Waals surface area contributed by atoms with Gasteiger partial charge in [0.05, 0.1) is 29.7 Å². The van der Waals surface area contributed by atoms with Gasteiger partial charge in [-0.05, 0) is 44.0 Å². The molecule has 2 rings (SSSR count). The lowest BCUT2D eigenvalue weighted by molar-refractivity contribution is 0.296. The van der Waals surface area contributed by atoms with Crippen molar-refractivity contribution in [1.29, 1.82) is 5.26 Å². The van der Waals surface area contributed by atoms with Crippen LogP contribution in [0.25, 0.3) is 0 Å². The molecule has 2 aromatic rings. The molecular formula is C16H18N4O. The average molecular weight is 282 g/mol. The van der Waals surface area contributed by atoms with Gasteiger partial charge in [0, 0.05) is 6.54 Å². The van der Waals surface area contributed by atoms with Crippen molar-refractivity contribution in [3.05, 3.63) is 46.9 Å². The van der Waals surface area contributed by atoms with Crippen LogP contribution in [0, 0.1) is 25.2 Å². The molecule has 0 aliphatic rings. The van der Waals surface area contributed by atoms with Crippen molar-refractivity contribution in [3.8, 4) is 11.8 Å². The molecule has 0 saturated heterocycles. The van der Waals surface area contributed by atoms with E-state index in [1.165, 1.54) is 0 Å². The molecular weight excluding hydrogens is 264 g/mol. The molecule has 0 atom stereocenters. The Morgan fingerprint density at radius 3 is 2.43 bits per heavy atom. The molecule has 0 amide bonds. The molecule has 0 aliphatic heterocycles. The highest BCUT2D eigenvalue weighted by atomic mass is 16.5. The molecule has 0 aliphatic carbocycles. The number of hydrogen-bond acceptors (Lipinski definition) is 5. The Morgan fingerprint density at radius 1 is 1.19 bits per heavy atom. The largest absolute Gasteiger partial charge is 0.487 e. The molecule has 5 heteroatoms. The molecule has 0 spiro atoms. The summed E-state index contributed by atoms with van der Waals surface area (Å²) in [6, 6.07) is 5.79. The summed E-state index contributed by atoms with van der Waals surface area (Å²) >= 11 is 0. The molecule has 1 heterocycles. The zero-order valence-electron chi connectivity index (χ0n) is 12.5. The Hall–Kier alpha value is -2.61. The molecule has 0 fully saturated rings. The van der Waals surface area contributed by atoms with E-state index in [2.05, 4.69) is 21.4 Å². The van der Waals surface area contributed by atoms with Gasteiger partial charge in [-0.15, -0.1) is 0 Å². The number of nitrogens with zero attached hydrogens (tertiary/aromatic N) is 3. The van der Waals surface area contributed by atoms with Gasteiger partial charge in [-0.25, -0.2) is 4.98 Å². The van der Waals surface area contributed by atoms with Crippen molar-refractivity contribution < 1.29 is 4.74 Å². The van der Waals surface area contributed by atoms with Crippen molar-refractivity contribution >= 4 is 5.82 Å². The minimum atomic E-state index is 0.354. The van der Waals surface area contributed by atoms with Gasteiger partial charge >= 0.3 is 0 Å². The summed E-state index contributed by atoms with van der Waals surface area (Å²) in [6.45, 7) is 7.04. The summed E-state index contributed by atoms with van der Waals surface area (Å²) in [6.07, 6.45) is 3.40. The Kier molecular flexibility index (Phi) is 4.72. The van der Waals surface area contributed by atoms with Crippen LogP contribution in [0.1, 0.15) is 29.3 Å². The van der Waals surface area contributed by atoms with Crippen molar-refractivity contribution in [2.24, 2.45) is 0 Å². The van der Waals surface area contributed by atoms with Crippen molar-refractivity contribution in [3.63, 3.8) is 0 Å². The lowest BCUT2D eigenvalue weighted by Gasteiger charge is -2.12. The third kappa shape index (κ3) is 3.69. The molecule has 5 nitrogen and oxygen atoms in total. The number of rotatable bonds is 5. The summed E-state index contributed by atoms with van der Waals surface area (Å²) in [5.41, 5.74) is 3.31. The standard InChI is InChI=1S/C16H18N4O/c1-4-18-15-9-19-14(8-20-15)10-21-16-11(2)5-13(7-17)6-12(16)3/h5-6,8-9H,4,10H2,1-3H3,(H,18,20). The highest BCUT2D eigenvalue weighted by Crippen LogP contribution is 2.25. The smallest absolute Gasteiger partial charge is 0.144 e. The maximum atomic E-state index is 8.94.